The molecule has 0 aromatic carbocycles. The van der Waals surface area contributed by atoms with Crippen molar-refractivity contribution >= 4 is 5.91 Å². The van der Waals surface area contributed by atoms with Crippen LogP contribution in [0.15, 0.2) is 0 Å². The van der Waals surface area contributed by atoms with Crippen LogP contribution in [0, 0.1) is 0 Å². The zero-order chi connectivity index (χ0) is 11.8. The number of hydrogen-bond acceptors (Lipinski definition) is 4. The van der Waals surface area contributed by atoms with E-state index in [9.17, 15) is 4.79 Å². The topological polar surface area (TPSA) is 72.8 Å². The second-order valence-electron chi connectivity index (χ2n) is 3.48. The number of aliphatic hydroxyl groups excluding tert-OH is 2. The molecule has 0 rings (SSSR count). The van der Waals surface area contributed by atoms with E-state index < -0.39 is 6.10 Å². The normalized spacial score (nSPS) is 14.7. The van der Waals surface area contributed by atoms with Crippen LogP contribution in [0.4, 0.5) is 0 Å². The van der Waals surface area contributed by atoms with Crippen LogP contribution in [-0.2, 0) is 4.79 Å². The molecule has 0 spiro atoms. The Morgan fingerprint density at radius 2 is 1.93 bits per heavy atom. The lowest BCUT2D eigenvalue weighted by Gasteiger charge is -2.24. The summed E-state index contributed by atoms with van der Waals surface area (Å²) in [7, 11) is 0. The van der Waals surface area contributed by atoms with Crippen LogP contribution in [0.1, 0.15) is 20.8 Å². The highest BCUT2D eigenvalue weighted by Gasteiger charge is 2.18. The van der Waals surface area contributed by atoms with Crippen molar-refractivity contribution < 1.29 is 15.0 Å². The number of carbonyl (C=O) groups is 1. The van der Waals surface area contributed by atoms with Crippen molar-refractivity contribution in [3.05, 3.63) is 0 Å². The Hall–Kier alpha value is -0.650. The maximum Gasteiger partial charge on any atom is 0.239 e. The number of rotatable bonds is 7. The summed E-state index contributed by atoms with van der Waals surface area (Å²) in [6.07, 6.45) is -0.808. The number of nitrogens with zero attached hydrogens (tertiary/aromatic N) is 1. The SMILES string of the molecule is CCN(CC)C(=O)C(C)NCC(O)CO. The van der Waals surface area contributed by atoms with Gasteiger partial charge in [0.1, 0.15) is 0 Å². The van der Waals surface area contributed by atoms with Gasteiger partial charge in [-0.15, -0.1) is 0 Å². The van der Waals surface area contributed by atoms with E-state index in [-0.39, 0.29) is 25.1 Å². The fourth-order valence-electron chi connectivity index (χ4n) is 1.27. The molecule has 2 unspecified atom stereocenters. The Kier molecular flexibility index (Phi) is 7.29. The molecule has 5 heteroatoms. The molecule has 0 aliphatic carbocycles. The second kappa shape index (κ2) is 7.62. The van der Waals surface area contributed by atoms with Crippen molar-refractivity contribution in [1.29, 1.82) is 0 Å². The van der Waals surface area contributed by atoms with Crippen LogP contribution < -0.4 is 5.32 Å². The van der Waals surface area contributed by atoms with Crippen molar-refractivity contribution in [1.82, 2.24) is 10.2 Å². The Morgan fingerprint density at radius 1 is 1.40 bits per heavy atom. The minimum Gasteiger partial charge on any atom is -0.394 e. The summed E-state index contributed by atoms with van der Waals surface area (Å²) in [4.78, 5) is 13.5. The summed E-state index contributed by atoms with van der Waals surface area (Å²) in [5, 5.41) is 20.6. The average Bonchev–Trinajstić information content (AvgIpc) is 2.26. The highest BCUT2D eigenvalue weighted by atomic mass is 16.3. The van der Waals surface area contributed by atoms with Gasteiger partial charge in [0.25, 0.3) is 0 Å². The Balaban J connectivity index is 3.97. The molecule has 15 heavy (non-hydrogen) atoms. The van der Waals surface area contributed by atoms with Gasteiger partial charge in [0.15, 0.2) is 0 Å². The molecule has 0 heterocycles. The van der Waals surface area contributed by atoms with Gasteiger partial charge in [-0.25, -0.2) is 0 Å². The number of hydrogen-bond donors (Lipinski definition) is 3. The molecular weight excluding hydrogens is 196 g/mol. The summed E-state index contributed by atoms with van der Waals surface area (Å²) >= 11 is 0. The lowest BCUT2D eigenvalue weighted by Crippen LogP contribution is -2.47. The molecule has 90 valence electrons. The summed E-state index contributed by atoms with van der Waals surface area (Å²) in [6.45, 7) is 6.91. The summed E-state index contributed by atoms with van der Waals surface area (Å²) in [5.74, 6) is 0.0186. The maximum absolute atomic E-state index is 11.7. The number of amides is 1. The predicted molar refractivity (Wildman–Crippen MR) is 58.5 cm³/mol. The fraction of sp³-hybridized carbons (Fsp3) is 0.900. The van der Waals surface area contributed by atoms with Crippen molar-refractivity contribution in [2.75, 3.05) is 26.2 Å². The standard InChI is InChI=1S/C10H22N2O3/c1-4-12(5-2)10(15)8(3)11-6-9(14)7-13/h8-9,11,13-14H,4-7H2,1-3H3. The van der Waals surface area contributed by atoms with Gasteiger partial charge in [-0.05, 0) is 20.8 Å². The van der Waals surface area contributed by atoms with E-state index in [0.717, 1.165) is 0 Å². The van der Waals surface area contributed by atoms with Gasteiger partial charge in [-0.3, -0.25) is 4.79 Å². The first kappa shape index (κ1) is 14.3. The van der Waals surface area contributed by atoms with Crippen LogP contribution >= 0.6 is 0 Å². The predicted octanol–water partition coefficient (Wildman–Crippen LogP) is -0.814. The zero-order valence-corrected chi connectivity index (χ0v) is 9.73. The van der Waals surface area contributed by atoms with Crippen molar-refractivity contribution in [3.8, 4) is 0 Å². The quantitative estimate of drug-likeness (QED) is 0.522. The van der Waals surface area contributed by atoms with E-state index in [0.29, 0.717) is 13.1 Å². The average molecular weight is 218 g/mol. The van der Waals surface area contributed by atoms with Gasteiger partial charge in [0.05, 0.1) is 18.8 Å². The molecule has 0 fully saturated rings. The van der Waals surface area contributed by atoms with E-state index in [4.69, 9.17) is 10.2 Å². The lowest BCUT2D eigenvalue weighted by atomic mass is 10.2. The fourth-order valence-corrected chi connectivity index (χ4v) is 1.27. The maximum atomic E-state index is 11.7. The molecule has 0 aromatic heterocycles. The first-order valence-corrected chi connectivity index (χ1v) is 5.37. The minimum atomic E-state index is -0.808. The van der Waals surface area contributed by atoms with E-state index in [1.165, 1.54) is 0 Å². The van der Waals surface area contributed by atoms with Crippen LogP contribution in [0.25, 0.3) is 0 Å². The third-order valence-corrected chi connectivity index (χ3v) is 2.32. The third-order valence-electron chi connectivity index (χ3n) is 2.32. The molecule has 0 aromatic rings. The van der Waals surface area contributed by atoms with Gasteiger partial charge < -0.3 is 20.4 Å². The molecule has 5 nitrogen and oxygen atoms in total. The smallest absolute Gasteiger partial charge is 0.239 e. The van der Waals surface area contributed by atoms with Crippen molar-refractivity contribution in [2.45, 2.75) is 32.9 Å². The number of carbonyl (C=O) groups excluding carboxylic acids is 1. The lowest BCUT2D eigenvalue weighted by molar-refractivity contribution is -0.132. The third kappa shape index (κ3) is 5.11. The summed E-state index contributed by atoms with van der Waals surface area (Å²) in [5.41, 5.74) is 0. The highest BCUT2D eigenvalue weighted by Crippen LogP contribution is 1.94. The molecule has 0 aliphatic rings. The second-order valence-corrected chi connectivity index (χ2v) is 3.48. The molecule has 0 bridgehead atoms. The van der Waals surface area contributed by atoms with E-state index in [1.807, 2.05) is 13.8 Å². The van der Waals surface area contributed by atoms with Crippen LogP contribution in [0.5, 0.6) is 0 Å². The molecule has 0 saturated carbocycles. The molecule has 0 saturated heterocycles. The van der Waals surface area contributed by atoms with Gasteiger partial charge in [-0.1, -0.05) is 0 Å². The number of nitrogens with one attached hydrogen (secondary N) is 1. The number of likely N-dealkylation sites (N-methyl/N-ethyl adjacent to an activating group) is 1. The van der Waals surface area contributed by atoms with Gasteiger partial charge in [-0.2, -0.15) is 0 Å². The molecular formula is C10H22N2O3. The van der Waals surface area contributed by atoms with Crippen molar-refractivity contribution in [3.63, 3.8) is 0 Å². The van der Waals surface area contributed by atoms with E-state index in [1.54, 1.807) is 11.8 Å². The van der Waals surface area contributed by atoms with Crippen LogP contribution in [0.3, 0.4) is 0 Å². The van der Waals surface area contributed by atoms with E-state index >= 15 is 0 Å². The largest absolute Gasteiger partial charge is 0.394 e. The Morgan fingerprint density at radius 3 is 2.33 bits per heavy atom. The Labute approximate surface area is 91.1 Å². The first-order valence-electron chi connectivity index (χ1n) is 5.37. The van der Waals surface area contributed by atoms with Gasteiger partial charge >= 0.3 is 0 Å². The molecule has 0 radical (unpaired) electrons. The Bertz CT molecular complexity index is 184. The molecule has 3 N–H and O–H groups in total. The minimum absolute atomic E-state index is 0.0186. The molecule has 1 amide bonds. The highest BCUT2D eigenvalue weighted by molar-refractivity contribution is 5.81. The van der Waals surface area contributed by atoms with E-state index in [2.05, 4.69) is 5.32 Å². The van der Waals surface area contributed by atoms with Crippen LogP contribution in [-0.4, -0.2) is 59.4 Å². The van der Waals surface area contributed by atoms with Gasteiger partial charge in [0.2, 0.25) is 5.91 Å². The first-order chi connectivity index (χ1) is 7.06. The van der Waals surface area contributed by atoms with Gasteiger partial charge in [0, 0.05) is 19.6 Å². The monoisotopic (exact) mass is 218 g/mol. The molecule has 0 aliphatic heterocycles. The summed E-state index contributed by atoms with van der Waals surface area (Å²) < 4.78 is 0. The van der Waals surface area contributed by atoms with Crippen LogP contribution in [0.2, 0.25) is 0 Å². The van der Waals surface area contributed by atoms with Crippen molar-refractivity contribution in [2.24, 2.45) is 0 Å². The zero-order valence-electron chi connectivity index (χ0n) is 9.73. The summed E-state index contributed by atoms with van der Waals surface area (Å²) in [6, 6.07) is -0.328. The molecule has 2 atom stereocenters. The number of aliphatic hydroxyl groups is 2.